The van der Waals surface area contributed by atoms with E-state index in [9.17, 15) is 4.79 Å². The van der Waals surface area contributed by atoms with Gasteiger partial charge in [0.15, 0.2) is 0 Å². The summed E-state index contributed by atoms with van der Waals surface area (Å²) in [5.41, 5.74) is 2.24. The fourth-order valence-electron chi connectivity index (χ4n) is 1.82. The Morgan fingerprint density at radius 1 is 1.44 bits per heavy atom. The molecule has 2 aromatic rings. The first-order valence-corrected chi connectivity index (χ1v) is 4.96. The van der Waals surface area contributed by atoms with Crippen LogP contribution in [-0.4, -0.2) is 9.13 Å². The van der Waals surface area contributed by atoms with Crippen molar-refractivity contribution >= 4 is 16.7 Å². The van der Waals surface area contributed by atoms with E-state index in [1.165, 1.54) is 0 Å². The maximum absolute atomic E-state index is 12.1. The summed E-state index contributed by atoms with van der Waals surface area (Å²) in [5, 5.41) is 0. The number of benzene rings is 1. The normalized spacial score (nSPS) is 10.2. The topological polar surface area (TPSA) is 26.9 Å². The number of para-hydroxylation sites is 2. The molecule has 80 valence electrons. The van der Waals surface area contributed by atoms with E-state index in [4.69, 9.17) is 6.42 Å². The second kappa shape index (κ2) is 3.74. The lowest BCUT2D eigenvalue weighted by atomic mass is 10.3. The van der Waals surface area contributed by atoms with Gasteiger partial charge < -0.3 is 0 Å². The molecule has 0 saturated heterocycles. The summed E-state index contributed by atoms with van der Waals surface area (Å²) in [5.74, 6) is 2.49. The SMILES string of the molecule is C#CCn1c(=O)n(C(=C)C)c2ccccc21. The summed E-state index contributed by atoms with van der Waals surface area (Å²) < 4.78 is 3.15. The average Bonchev–Trinajstić information content (AvgIpc) is 2.53. The minimum Gasteiger partial charge on any atom is -0.280 e. The van der Waals surface area contributed by atoms with E-state index in [-0.39, 0.29) is 12.2 Å². The number of fused-ring (bicyclic) bond motifs is 1. The van der Waals surface area contributed by atoms with Gasteiger partial charge in [-0.05, 0) is 19.1 Å². The van der Waals surface area contributed by atoms with Crippen molar-refractivity contribution in [1.82, 2.24) is 9.13 Å². The number of hydrogen-bond donors (Lipinski definition) is 0. The molecule has 2 rings (SSSR count). The molecule has 3 nitrogen and oxygen atoms in total. The minimum absolute atomic E-state index is 0.133. The molecule has 0 aliphatic heterocycles. The first-order chi connectivity index (χ1) is 7.66. The van der Waals surface area contributed by atoms with Gasteiger partial charge >= 0.3 is 5.69 Å². The Bertz CT molecular complexity index is 653. The summed E-state index contributed by atoms with van der Waals surface area (Å²) in [6.45, 7) is 5.88. The summed E-state index contributed by atoms with van der Waals surface area (Å²) in [7, 11) is 0. The molecule has 0 aliphatic carbocycles. The quantitative estimate of drug-likeness (QED) is 0.699. The van der Waals surface area contributed by atoms with Gasteiger partial charge in [-0.2, -0.15) is 0 Å². The van der Waals surface area contributed by atoms with Crippen LogP contribution in [0.25, 0.3) is 16.7 Å². The van der Waals surface area contributed by atoms with Crippen LogP contribution in [0.4, 0.5) is 0 Å². The van der Waals surface area contributed by atoms with Crippen LogP contribution in [0, 0.1) is 12.3 Å². The fourth-order valence-corrected chi connectivity index (χ4v) is 1.82. The molecule has 0 N–H and O–H groups in total. The molecule has 16 heavy (non-hydrogen) atoms. The summed E-state index contributed by atoms with van der Waals surface area (Å²) in [6.07, 6.45) is 5.26. The highest BCUT2D eigenvalue weighted by Gasteiger charge is 2.11. The zero-order valence-corrected chi connectivity index (χ0v) is 9.10. The van der Waals surface area contributed by atoms with Crippen LogP contribution in [0.2, 0.25) is 0 Å². The third-order valence-corrected chi connectivity index (χ3v) is 2.47. The van der Waals surface area contributed by atoms with Crippen LogP contribution in [0.3, 0.4) is 0 Å². The molecule has 0 aliphatic rings. The predicted octanol–water partition coefficient (Wildman–Crippen LogP) is 1.93. The van der Waals surface area contributed by atoms with Crippen LogP contribution >= 0.6 is 0 Å². The van der Waals surface area contributed by atoms with Crippen molar-refractivity contribution < 1.29 is 0 Å². The van der Waals surface area contributed by atoms with Crippen LogP contribution < -0.4 is 5.69 Å². The van der Waals surface area contributed by atoms with E-state index in [1.807, 2.05) is 24.3 Å². The molecule has 0 atom stereocenters. The fraction of sp³-hybridized carbons (Fsp3) is 0.154. The van der Waals surface area contributed by atoms with E-state index in [1.54, 1.807) is 16.1 Å². The van der Waals surface area contributed by atoms with Gasteiger partial charge in [0.25, 0.3) is 0 Å². The summed E-state index contributed by atoms with van der Waals surface area (Å²) in [6, 6.07) is 7.55. The van der Waals surface area contributed by atoms with E-state index in [0.717, 1.165) is 11.0 Å². The number of imidazole rings is 1. The molecule has 3 heteroatoms. The van der Waals surface area contributed by atoms with Crippen molar-refractivity contribution in [2.45, 2.75) is 13.5 Å². The van der Waals surface area contributed by atoms with E-state index >= 15 is 0 Å². The molecular formula is C13H12N2O. The number of nitrogens with zero attached hydrogens (tertiary/aromatic N) is 2. The molecule has 1 aromatic carbocycles. The zero-order chi connectivity index (χ0) is 11.7. The zero-order valence-electron chi connectivity index (χ0n) is 9.10. The molecule has 0 radical (unpaired) electrons. The standard InChI is InChI=1S/C13H12N2O/c1-4-9-14-11-7-5-6-8-12(11)15(10(2)3)13(14)16/h1,5-8H,2,9H2,3H3. The number of rotatable bonds is 2. The Hall–Kier alpha value is -2.21. The lowest BCUT2D eigenvalue weighted by Gasteiger charge is -1.98. The van der Waals surface area contributed by atoms with Crippen LogP contribution in [0.15, 0.2) is 35.6 Å². The monoisotopic (exact) mass is 212 g/mol. The van der Waals surface area contributed by atoms with Gasteiger partial charge in [-0.25, -0.2) is 4.79 Å². The van der Waals surface area contributed by atoms with Crippen molar-refractivity contribution in [3.05, 3.63) is 41.3 Å². The summed E-state index contributed by atoms with van der Waals surface area (Å²) >= 11 is 0. The Balaban J connectivity index is 2.92. The smallest absolute Gasteiger partial charge is 0.280 e. The lowest BCUT2D eigenvalue weighted by molar-refractivity contribution is 0.799. The van der Waals surface area contributed by atoms with Gasteiger partial charge in [-0.15, -0.1) is 6.42 Å². The van der Waals surface area contributed by atoms with E-state index < -0.39 is 0 Å². The number of aromatic nitrogens is 2. The Morgan fingerprint density at radius 3 is 2.62 bits per heavy atom. The highest BCUT2D eigenvalue weighted by molar-refractivity contribution is 5.79. The molecule has 1 aromatic heterocycles. The van der Waals surface area contributed by atoms with Gasteiger partial charge in [-0.3, -0.25) is 9.13 Å². The Morgan fingerprint density at radius 2 is 2.06 bits per heavy atom. The van der Waals surface area contributed by atoms with Crippen molar-refractivity contribution in [3.8, 4) is 12.3 Å². The van der Waals surface area contributed by atoms with Gasteiger partial charge in [0, 0.05) is 5.70 Å². The number of hydrogen-bond acceptors (Lipinski definition) is 1. The van der Waals surface area contributed by atoms with E-state index in [0.29, 0.717) is 5.70 Å². The van der Waals surface area contributed by atoms with Crippen molar-refractivity contribution in [2.75, 3.05) is 0 Å². The van der Waals surface area contributed by atoms with Gasteiger partial charge in [0.2, 0.25) is 0 Å². The maximum Gasteiger partial charge on any atom is 0.334 e. The van der Waals surface area contributed by atoms with Crippen LogP contribution in [-0.2, 0) is 6.54 Å². The second-order valence-corrected chi connectivity index (χ2v) is 3.63. The minimum atomic E-state index is -0.133. The first-order valence-electron chi connectivity index (χ1n) is 4.96. The van der Waals surface area contributed by atoms with Crippen LogP contribution in [0.1, 0.15) is 6.92 Å². The van der Waals surface area contributed by atoms with E-state index in [2.05, 4.69) is 12.5 Å². The number of terminal acetylenes is 1. The first kappa shape index (κ1) is 10.3. The van der Waals surface area contributed by atoms with Crippen molar-refractivity contribution in [2.24, 2.45) is 0 Å². The molecule has 0 saturated carbocycles. The summed E-state index contributed by atoms with van der Waals surface area (Å²) in [4.78, 5) is 12.1. The van der Waals surface area contributed by atoms with Crippen molar-refractivity contribution in [1.29, 1.82) is 0 Å². The molecule has 0 spiro atoms. The molecular weight excluding hydrogens is 200 g/mol. The average molecular weight is 212 g/mol. The molecule has 0 amide bonds. The number of allylic oxidation sites excluding steroid dienone is 1. The molecule has 0 fully saturated rings. The molecule has 1 heterocycles. The Kier molecular flexibility index (Phi) is 2.41. The van der Waals surface area contributed by atoms with Gasteiger partial charge in [0.1, 0.15) is 0 Å². The predicted molar refractivity (Wildman–Crippen MR) is 66.0 cm³/mol. The van der Waals surface area contributed by atoms with Gasteiger partial charge in [-0.1, -0.05) is 24.6 Å². The van der Waals surface area contributed by atoms with Crippen molar-refractivity contribution in [3.63, 3.8) is 0 Å². The van der Waals surface area contributed by atoms with Crippen LogP contribution in [0.5, 0.6) is 0 Å². The molecule has 0 bridgehead atoms. The van der Waals surface area contributed by atoms with Gasteiger partial charge in [0.05, 0.1) is 17.6 Å². The maximum atomic E-state index is 12.1. The molecule has 0 unspecified atom stereocenters. The largest absolute Gasteiger partial charge is 0.334 e. The third kappa shape index (κ3) is 1.36. The third-order valence-electron chi connectivity index (χ3n) is 2.47. The highest BCUT2D eigenvalue weighted by Crippen LogP contribution is 2.15. The second-order valence-electron chi connectivity index (χ2n) is 3.63. The highest BCUT2D eigenvalue weighted by atomic mass is 16.1. The Labute approximate surface area is 93.6 Å². The lowest BCUT2D eigenvalue weighted by Crippen LogP contribution is -2.22.